The van der Waals surface area contributed by atoms with Crippen molar-refractivity contribution in [1.82, 2.24) is 10.1 Å². The molecule has 0 saturated heterocycles. The van der Waals surface area contributed by atoms with Gasteiger partial charge in [-0.15, -0.1) is 0 Å². The zero-order valence-corrected chi connectivity index (χ0v) is 10.9. The number of hydrogen-bond acceptors (Lipinski definition) is 5. The molecule has 19 heavy (non-hydrogen) atoms. The smallest absolute Gasteiger partial charge is 0.259 e. The Hall–Kier alpha value is -2.37. The van der Waals surface area contributed by atoms with Crippen molar-refractivity contribution in [2.75, 3.05) is 17.2 Å². The van der Waals surface area contributed by atoms with Gasteiger partial charge in [0.2, 0.25) is 5.88 Å². The van der Waals surface area contributed by atoms with Crippen molar-refractivity contribution in [3.8, 4) is 0 Å². The van der Waals surface area contributed by atoms with E-state index in [1.807, 2.05) is 0 Å². The highest BCUT2D eigenvalue weighted by Gasteiger charge is 2.09. The molecule has 2 aromatic heterocycles. The minimum atomic E-state index is -0.273. The minimum absolute atomic E-state index is 0.273. The number of nitrogens with zero attached hydrogens (tertiary/aromatic N) is 2. The summed E-state index contributed by atoms with van der Waals surface area (Å²) in [5.74, 6) is 0.815. The molecular weight excluding hydrogens is 244 g/mol. The van der Waals surface area contributed by atoms with Gasteiger partial charge in [0.05, 0.1) is 11.3 Å². The molecule has 6 nitrogen and oxygen atoms in total. The molecule has 0 fully saturated rings. The molecule has 0 saturated carbocycles. The molecule has 0 atom stereocenters. The van der Waals surface area contributed by atoms with Crippen LogP contribution in [-0.2, 0) is 0 Å². The van der Waals surface area contributed by atoms with E-state index in [2.05, 4.69) is 27.7 Å². The van der Waals surface area contributed by atoms with Crippen molar-refractivity contribution < 1.29 is 9.32 Å². The lowest BCUT2D eigenvalue weighted by Crippen LogP contribution is -2.12. The first-order valence-electron chi connectivity index (χ1n) is 6.13. The lowest BCUT2D eigenvalue weighted by atomic mass is 10.2. The summed E-state index contributed by atoms with van der Waals surface area (Å²) in [4.78, 5) is 16.1. The average molecular weight is 260 g/mol. The third-order valence-electron chi connectivity index (χ3n) is 2.45. The Bertz CT molecular complexity index is 548. The topological polar surface area (TPSA) is 80.0 Å². The fraction of sp³-hybridized carbons (Fsp3) is 0.308. The molecule has 2 aromatic rings. The Kier molecular flexibility index (Phi) is 4.12. The quantitative estimate of drug-likeness (QED) is 0.863. The predicted molar refractivity (Wildman–Crippen MR) is 72.2 cm³/mol. The van der Waals surface area contributed by atoms with Gasteiger partial charge in [0, 0.05) is 18.8 Å². The van der Waals surface area contributed by atoms with Gasteiger partial charge in [0.15, 0.2) is 0 Å². The zero-order chi connectivity index (χ0) is 13.7. The fourth-order valence-electron chi connectivity index (χ4n) is 1.49. The maximum Gasteiger partial charge on any atom is 0.259 e. The van der Waals surface area contributed by atoms with Crippen molar-refractivity contribution >= 4 is 17.6 Å². The largest absolute Gasteiger partial charge is 0.370 e. The van der Waals surface area contributed by atoms with Crippen LogP contribution in [0.2, 0.25) is 0 Å². The average Bonchev–Trinajstić information content (AvgIpc) is 2.82. The van der Waals surface area contributed by atoms with E-state index >= 15 is 0 Å². The van der Waals surface area contributed by atoms with Crippen molar-refractivity contribution in [2.24, 2.45) is 0 Å². The maximum absolute atomic E-state index is 11.9. The predicted octanol–water partition coefficient (Wildman–Crippen LogP) is 2.45. The summed E-state index contributed by atoms with van der Waals surface area (Å²) in [6.45, 7) is 4.72. The highest BCUT2D eigenvalue weighted by atomic mass is 16.5. The number of carbonyl (C=O) groups excluding carboxylic acids is 1. The van der Waals surface area contributed by atoms with Gasteiger partial charge >= 0.3 is 0 Å². The number of carbonyl (C=O) groups is 1. The van der Waals surface area contributed by atoms with Crippen LogP contribution in [0.4, 0.5) is 11.7 Å². The van der Waals surface area contributed by atoms with Crippen LogP contribution >= 0.6 is 0 Å². The standard InChI is InChI=1S/C13H16N4O2/c1-3-6-14-11-5-4-10(8-15-11)13(18)16-12-7-9(2)17-19-12/h4-5,7-8H,3,6H2,1-2H3,(H,14,15)(H,16,18). The number of aryl methyl sites for hydroxylation is 1. The molecule has 2 N–H and O–H groups in total. The summed E-state index contributed by atoms with van der Waals surface area (Å²) in [5, 5.41) is 9.45. The summed E-state index contributed by atoms with van der Waals surface area (Å²) in [6, 6.07) is 5.14. The molecule has 2 rings (SSSR count). The zero-order valence-electron chi connectivity index (χ0n) is 10.9. The molecule has 100 valence electrons. The molecule has 6 heteroatoms. The van der Waals surface area contributed by atoms with E-state index in [9.17, 15) is 4.79 Å². The summed E-state index contributed by atoms with van der Waals surface area (Å²) < 4.78 is 4.92. The van der Waals surface area contributed by atoms with Crippen molar-refractivity contribution in [3.63, 3.8) is 0 Å². The number of aromatic nitrogens is 2. The number of nitrogens with one attached hydrogen (secondary N) is 2. The number of pyridine rings is 1. The Morgan fingerprint density at radius 3 is 2.84 bits per heavy atom. The van der Waals surface area contributed by atoms with E-state index in [0.717, 1.165) is 18.8 Å². The van der Waals surface area contributed by atoms with Gasteiger partial charge in [-0.05, 0) is 25.5 Å². The summed E-state index contributed by atoms with van der Waals surface area (Å²) >= 11 is 0. The van der Waals surface area contributed by atoms with Crippen LogP contribution in [0.15, 0.2) is 28.9 Å². The third-order valence-corrected chi connectivity index (χ3v) is 2.45. The van der Waals surface area contributed by atoms with E-state index in [4.69, 9.17) is 4.52 Å². The van der Waals surface area contributed by atoms with E-state index in [0.29, 0.717) is 17.1 Å². The number of amides is 1. The summed E-state index contributed by atoms with van der Waals surface area (Å²) in [7, 11) is 0. The summed E-state index contributed by atoms with van der Waals surface area (Å²) in [6.07, 6.45) is 2.55. The first-order valence-corrected chi connectivity index (χ1v) is 6.13. The van der Waals surface area contributed by atoms with Gasteiger partial charge in [-0.3, -0.25) is 10.1 Å². The molecule has 0 radical (unpaired) electrons. The lowest BCUT2D eigenvalue weighted by Gasteiger charge is -2.04. The van der Waals surface area contributed by atoms with E-state index in [-0.39, 0.29) is 5.91 Å². The van der Waals surface area contributed by atoms with Gasteiger partial charge in [-0.2, -0.15) is 0 Å². The lowest BCUT2D eigenvalue weighted by molar-refractivity contribution is 0.102. The van der Waals surface area contributed by atoms with E-state index in [1.54, 1.807) is 25.1 Å². The fourth-order valence-corrected chi connectivity index (χ4v) is 1.49. The van der Waals surface area contributed by atoms with Gasteiger partial charge in [0.1, 0.15) is 5.82 Å². The van der Waals surface area contributed by atoms with Gasteiger partial charge in [-0.1, -0.05) is 12.1 Å². The van der Waals surface area contributed by atoms with E-state index in [1.165, 1.54) is 6.20 Å². The molecule has 0 spiro atoms. The second-order valence-electron chi connectivity index (χ2n) is 4.15. The second-order valence-corrected chi connectivity index (χ2v) is 4.15. The molecular formula is C13H16N4O2. The van der Waals surface area contributed by atoms with Crippen molar-refractivity contribution in [1.29, 1.82) is 0 Å². The molecule has 0 aromatic carbocycles. The molecule has 2 heterocycles. The van der Waals surface area contributed by atoms with Crippen LogP contribution in [0.1, 0.15) is 29.4 Å². The first-order chi connectivity index (χ1) is 9.19. The second kappa shape index (κ2) is 5.99. The van der Waals surface area contributed by atoms with Crippen molar-refractivity contribution in [3.05, 3.63) is 35.7 Å². The first kappa shape index (κ1) is 13.1. The Labute approximate surface area is 111 Å². The van der Waals surface area contributed by atoms with E-state index < -0.39 is 0 Å². The molecule has 0 aliphatic heterocycles. The normalized spacial score (nSPS) is 10.2. The van der Waals surface area contributed by atoms with Crippen LogP contribution in [0, 0.1) is 6.92 Å². The molecule has 0 aliphatic carbocycles. The van der Waals surface area contributed by atoms with Crippen LogP contribution in [0.3, 0.4) is 0 Å². The Morgan fingerprint density at radius 2 is 2.26 bits per heavy atom. The number of rotatable bonds is 5. The highest BCUT2D eigenvalue weighted by Crippen LogP contribution is 2.11. The van der Waals surface area contributed by atoms with Gasteiger partial charge < -0.3 is 9.84 Å². The monoisotopic (exact) mass is 260 g/mol. The van der Waals surface area contributed by atoms with Crippen molar-refractivity contribution in [2.45, 2.75) is 20.3 Å². The Balaban J connectivity index is 1.99. The van der Waals surface area contributed by atoms with Gasteiger partial charge in [0.25, 0.3) is 5.91 Å². The number of anilines is 2. The SMILES string of the molecule is CCCNc1ccc(C(=O)Nc2cc(C)no2)cn1. The van der Waals surface area contributed by atoms with Crippen LogP contribution < -0.4 is 10.6 Å². The third kappa shape index (κ3) is 3.54. The molecule has 1 amide bonds. The molecule has 0 unspecified atom stereocenters. The van der Waals surface area contributed by atoms with Crippen LogP contribution in [-0.4, -0.2) is 22.6 Å². The highest BCUT2D eigenvalue weighted by molar-refractivity contribution is 6.03. The molecule has 0 bridgehead atoms. The van der Waals surface area contributed by atoms with Crippen LogP contribution in [0.5, 0.6) is 0 Å². The molecule has 0 aliphatic rings. The summed E-state index contributed by atoms with van der Waals surface area (Å²) in [5.41, 5.74) is 1.18. The Morgan fingerprint density at radius 1 is 1.42 bits per heavy atom. The van der Waals surface area contributed by atoms with Crippen LogP contribution in [0.25, 0.3) is 0 Å². The number of hydrogen-bond donors (Lipinski definition) is 2. The van der Waals surface area contributed by atoms with Gasteiger partial charge in [-0.25, -0.2) is 4.98 Å². The maximum atomic E-state index is 11.9. The minimum Gasteiger partial charge on any atom is -0.370 e.